The summed E-state index contributed by atoms with van der Waals surface area (Å²) in [5.41, 5.74) is 1.14. The van der Waals surface area contributed by atoms with Crippen LogP contribution in [0.5, 0.6) is 0 Å². The fraction of sp³-hybridized carbons (Fsp3) is 0.810. The van der Waals surface area contributed by atoms with Crippen LogP contribution in [-0.2, 0) is 16.6 Å². The number of amides is 1. The summed E-state index contributed by atoms with van der Waals surface area (Å²) in [6.07, 6.45) is 12.9. The maximum absolute atomic E-state index is 12.7. The van der Waals surface area contributed by atoms with Gasteiger partial charge < -0.3 is 15.0 Å². The quantitative estimate of drug-likeness (QED) is 0.760. The number of aromatic nitrogens is 2. The molecule has 6 nitrogen and oxygen atoms in total. The molecule has 1 aromatic rings. The predicted molar refractivity (Wildman–Crippen MR) is 104 cm³/mol. The smallest absolute Gasteiger partial charge is 0.223 e. The highest BCUT2D eigenvalue weighted by atomic mass is 16.5. The molecule has 3 aliphatic rings. The average molecular weight is 375 g/mol. The number of ether oxygens (including phenoxy) is 1. The van der Waals surface area contributed by atoms with Crippen molar-refractivity contribution in [3.05, 3.63) is 18.0 Å². The second-order valence-electron chi connectivity index (χ2n) is 8.81. The molecule has 0 bridgehead atoms. The first kappa shape index (κ1) is 18.9. The third kappa shape index (κ3) is 4.37. The fourth-order valence-electron chi connectivity index (χ4n) is 5.27. The molecule has 0 unspecified atom stereocenters. The molecule has 4 atom stereocenters. The number of likely N-dealkylation sites (tertiary alicyclic amines) is 1. The van der Waals surface area contributed by atoms with E-state index in [1.165, 1.54) is 38.5 Å². The SMILES string of the molecule is COCCN1C(=O)C[C@@H](CN[C@@H]2CCC[C@@H](C3CC3)C2)[C@@H]1c1cnn(C)c1. The zero-order chi connectivity index (χ0) is 18.8. The molecular formula is C21H34N4O2. The van der Waals surface area contributed by atoms with Crippen LogP contribution in [-0.4, -0.2) is 53.4 Å². The molecule has 1 N–H and O–H groups in total. The van der Waals surface area contributed by atoms with E-state index in [0.29, 0.717) is 31.5 Å². The third-order valence-corrected chi connectivity index (χ3v) is 6.81. The van der Waals surface area contributed by atoms with Crippen molar-refractivity contribution in [3.63, 3.8) is 0 Å². The van der Waals surface area contributed by atoms with Crippen molar-refractivity contribution >= 4 is 5.91 Å². The molecule has 150 valence electrons. The van der Waals surface area contributed by atoms with E-state index in [4.69, 9.17) is 4.74 Å². The van der Waals surface area contributed by atoms with E-state index in [2.05, 4.69) is 16.6 Å². The maximum atomic E-state index is 12.7. The molecule has 4 rings (SSSR count). The normalized spacial score (nSPS) is 31.6. The standard InChI is InChI=1S/C21H34N4O2/c1-24-14-18(13-23-24)21-17(11-20(26)25(21)8-9-27-2)12-22-19-5-3-4-16(10-19)15-6-7-15/h13-17,19,21-22H,3-12H2,1-2H3/t16-,17+,19-,21-/m1/s1. The van der Waals surface area contributed by atoms with Crippen molar-refractivity contribution in [2.45, 2.75) is 57.0 Å². The minimum Gasteiger partial charge on any atom is -0.383 e. The second kappa shape index (κ2) is 8.31. The van der Waals surface area contributed by atoms with Crippen LogP contribution in [0.15, 0.2) is 12.4 Å². The first-order valence-corrected chi connectivity index (χ1v) is 10.7. The lowest BCUT2D eigenvalue weighted by atomic mass is 9.82. The lowest BCUT2D eigenvalue weighted by molar-refractivity contribution is -0.129. The van der Waals surface area contributed by atoms with Crippen LogP contribution in [0.1, 0.15) is 56.6 Å². The number of hydrogen-bond donors (Lipinski definition) is 1. The molecule has 1 amide bonds. The third-order valence-electron chi connectivity index (χ3n) is 6.81. The van der Waals surface area contributed by atoms with E-state index in [1.807, 2.05) is 22.8 Å². The Hall–Kier alpha value is -1.40. The summed E-state index contributed by atoms with van der Waals surface area (Å²) in [6, 6.07) is 0.735. The van der Waals surface area contributed by atoms with Crippen LogP contribution in [0.3, 0.4) is 0 Å². The van der Waals surface area contributed by atoms with Crippen LogP contribution in [0.2, 0.25) is 0 Å². The molecule has 6 heteroatoms. The van der Waals surface area contributed by atoms with Crippen molar-refractivity contribution in [2.75, 3.05) is 26.8 Å². The summed E-state index contributed by atoms with van der Waals surface area (Å²) in [6.45, 7) is 2.14. The van der Waals surface area contributed by atoms with Gasteiger partial charge in [0.15, 0.2) is 0 Å². The molecule has 0 radical (unpaired) electrons. The van der Waals surface area contributed by atoms with E-state index < -0.39 is 0 Å². The Labute approximate surface area is 162 Å². The maximum Gasteiger partial charge on any atom is 0.223 e. The highest BCUT2D eigenvalue weighted by Gasteiger charge is 2.41. The second-order valence-corrected chi connectivity index (χ2v) is 8.81. The molecule has 2 aliphatic carbocycles. The van der Waals surface area contributed by atoms with Gasteiger partial charge in [0, 0.05) is 57.4 Å². The number of rotatable bonds is 8. The Balaban J connectivity index is 1.41. The number of hydrogen-bond acceptors (Lipinski definition) is 4. The molecule has 1 aromatic heterocycles. The van der Waals surface area contributed by atoms with E-state index in [1.54, 1.807) is 7.11 Å². The van der Waals surface area contributed by atoms with E-state index in [9.17, 15) is 4.79 Å². The Kier molecular flexibility index (Phi) is 5.83. The minimum atomic E-state index is 0.108. The number of aryl methyl sites for hydroxylation is 1. The van der Waals surface area contributed by atoms with E-state index >= 15 is 0 Å². The Morgan fingerprint density at radius 1 is 1.26 bits per heavy atom. The van der Waals surface area contributed by atoms with Crippen molar-refractivity contribution in [1.29, 1.82) is 0 Å². The summed E-state index contributed by atoms with van der Waals surface area (Å²) in [5.74, 6) is 2.50. The van der Waals surface area contributed by atoms with E-state index in [-0.39, 0.29) is 11.9 Å². The summed E-state index contributed by atoms with van der Waals surface area (Å²) in [7, 11) is 3.63. The van der Waals surface area contributed by atoms with Crippen LogP contribution < -0.4 is 5.32 Å². The van der Waals surface area contributed by atoms with Crippen molar-refractivity contribution in [2.24, 2.45) is 24.8 Å². The van der Waals surface area contributed by atoms with Crippen molar-refractivity contribution in [3.8, 4) is 0 Å². The van der Waals surface area contributed by atoms with Crippen LogP contribution in [0, 0.1) is 17.8 Å². The first-order valence-electron chi connectivity index (χ1n) is 10.7. The summed E-state index contributed by atoms with van der Waals surface area (Å²) in [5, 5.41) is 8.19. The van der Waals surface area contributed by atoms with Crippen LogP contribution in [0.4, 0.5) is 0 Å². The van der Waals surface area contributed by atoms with Crippen molar-refractivity contribution in [1.82, 2.24) is 20.0 Å². The Morgan fingerprint density at radius 2 is 2.11 bits per heavy atom. The van der Waals surface area contributed by atoms with Gasteiger partial charge in [0.2, 0.25) is 5.91 Å². The van der Waals surface area contributed by atoms with Gasteiger partial charge in [0.05, 0.1) is 18.8 Å². The van der Waals surface area contributed by atoms with Gasteiger partial charge in [-0.05, 0) is 37.5 Å². The molecule has 1 aliphatic heterocycles. The molecule has 27 heavy (non-hydrogen) atoms. The van der Waals surface area contributed by atoms with Gasteiger partial charge in [0.25, 0.3) is 0 Å². The highest BCUT2D eigenvalue weighted by molar-refractivity contribution is 5.79. The largest absolute Gasteiger partial charge is 0.383 e. The fourth-order valence-corrected chi connectivity index (χ4v) is 5.27. The Bertz CT molecular complexity index is 642. The zero-order valence-electron chi connectivity index (χ0n) is 16.8. The predicted octanol–water partition coefficient (Wildman–Crippen LogP) is 2.51. The number of carbonyl (C=O) groups is 1. The van der Waals surface area contributed by atoms with Gasteiger partial charge in [-0.15, -0.1) is 0 Å². The lowest BCUT2D eigenvalue weighted by Crippen LogP contribution is -2.39. The molecule has 3 fully saturated rings. The van der Waals surface area contributed by atoms with Gasteiger partial charge >= 0.3 is 0 Å². The lowest BCUT2D eigenvalue weighted by Gasteiger charge is -2.32. The number of nitrogens with one attached hydrogen (secondary N) is 1. The zero-order valence-corrected chi connectivity index (χ0v) is 16.8. The molecule has 1 saturated heterocycles. The monoisotopic (exact) mass is 374 g/mol. The molecular weight excluding hydrogens is 340 g/mol. The first-order chi connectivity index (χ1) is 13.2. The average Bonchev–Trinajstić information content (AvgIpc) is 3.36. The number of methoxy groups -OCH3 is 1. The van der Waals surface area contributed by atoms with Crippen molar-refractivity contribution < 1.29 is 9.53 Å². The van der Waals surface area contributed by atoms with Gasteiger partial charge in [-0.1, -0.05) is 12.8 Å². The van der Waals surface area contributed by atoms with Gasteiger partial charge in [-0.3, -0.25) is 9.48 Å². The van der Waals surface area contributed by atoms with Gasteiger partial charge in [-0.25, -0.2) is 0 Å². The topological polar surface area (TPSA) is 59.4 Å². The number of carbonyl (C=O) groups excluding carboxylic acids is 1. The van der Waals surface area contributed by atoms with Crippen LogP contribution >= 0.6 is 0 Å². The molecule has 0 spiro atoms. The number of nitrogens with zero attached hydrogens (tertiary/aromatic N) is 3. The Morgan fingerprint density at radius 3 is 2.81 bits per heavy atom. The van der Waals surface area contributed by atoms with E-state index in [0.717, 1.165) is 23.9 Å². The van der Waals surface area contributed by atoms with Crippen LogP contribution in [0.25, 0.3) is 0 Å². The molecule has 2 heterocycles. The van der Waals surface area contributed by atoms with Gasteiger partial charge in [0.1, 0.15) is 0 Å². The molecule has 2 saturated carbocycles. The summed E-state index contributed by atoms with van der Waals surface area (Å²) in [4.78, 5) is 14.7. The molecule has 0 aromatic carbocycles. The summed E-state index contributed by atoms with van der Waals surface area (Å²) < 4.78 is 7.07. The summed E-state index contributed by atoms with van der Waals surface area (Å²) >= 11 is 0. The van der Waals surface area contributed by atoms with Gasteiger partial charge in [-0.2, -0.15) is 5.10 Å². The highest BCUT2D eigenvalue weighted by Crippen LogP contribution is 2.44. The minimum absolute atomic E-state index is 0.108.